The molecule has 0 bridgehead atoms. The maximum absolute atomic E-state index is 11.9. The molecular formula is C16H19NO5S. The summed E-state index contributed by atoms with van der Waals surface area (Å²) in [4.78, 5) is 11.9. The Balaban J connectivity index is 1.53. The predicted molar refractivity (Wildman–Crippen MR) is 84.9 cm³/mol. The van der Waals surface area contributed by atoms with Gasteiger partial charge in [-0.1, -0.05) is 12.1 Å². The van der Waals surface area contributed by atoms with Crippen LogP contribution in [0, 0.1) is 5.92 Å². The third-order valence-corrected chi connectivity index (χ3v) is 5.22. The summed E-state index contributed by atoms with van der Waals surface area (Å²) < 4.78 is 33.8. The molecule has 0 radical (unpaired) electrons. The Hall–Kier alpha value is -2.02. The van der Waals surface area contributed by atoms with E-state index < -0.39 is 9.84 Å². The Bertz CT molecular complexity index is 726. The predicted octanol–water partition coefficient (Wildman–Crippen LogP) is 1.41. The smallest absolute Gasteiger partial charge is 0.220 e. The second kappa shape index (κ2) is 6.62. The van der Waals surface area contributed by atoms with Crippen LogP contribution in [0.3, 0.4) is 0 Å². The minimum absolute atomic E-state index is 0.0183. The van der Waals surface area contributed by atoms with E-state index in [4.69, 9.17) is 9.47 Å². The van der Waals surface area contributed by atoms with Crippen molar-refractivity contribution in [1.82, 2.24) is 5.32 Å². The summed E-state index contributed by atoms with van der Waals surface area (Å²) >= 11 is 0. The highest BCUT2D eigenvalue weighted by Gasteiger charge is 2.23. The first kappa shape index (κ1) is 15.9. The third kappa shape index (κ3) is 4.25. The number of hydrogen-bond acceptors (Lipinski definition) is 5. The molecule has 0 unspecified atom stereocenters. The van der Waals surface area contributed by atoms with Gasteiger partial charge < -0.3 is 14.8 Å². The van der Waals surface area contributed by atoms with Gasteiger partial charge in [0.25, 0.3) is 0 Å². The molecule has 6 nitrogen and oxygen atoms in total. The van der Waals surface area contributed by atoms with Gasteiger partial charge in [0.05, 0.1) is 19.0 Å². The quantitative estimate of drug-likeness (QED) is 0.898. The first-order valence-electron chi connectivity index (χ1n) is 7.58. The molecule has 2 heterocycles. The fourth-order valence-electron chi connectivity index (χ4n) is 2.60. The number of carbonyl (C=O) groups is 1. The van der Waals surface area contributed by atoms with E-state index in [2.05, 4.69) is 5.32 Å². The average Bonchev–Trinajstić information content (AvgIpc) is 2.72. The molecule has 1 N–H and O–H groups in total. The van der Waals surface area contributed by atoms with Crippen LogP contribution in [-0.4, -0.2) is 33.3 Å². The highest BCUT2D eigenvalue weighted by Crippen LogP contribution is 2.30. The fraction of sp³-hybridized carbons (Fsp3) is 0.438. The molecule has 3 rings (SSSR count). The fourth-order valence-corrected chi connectivity index (χ4v) is 3.99. The summed E-state index contributed by atoms with van der Waals surface area (Å²) in [5.41, 5.74) is 0.914. The summed E-state index contributed by atoms with van der Waals surface area (Å²) in [7, 11) is -3.11. The van der Waals surface area contributed by atoms with Crippen molar-refractivity contribution in [1.29, 1.82) is 0 Å². The van der Waals surface area contributed by atoms with E-state index in [-0.39, 0.29) is 24.0 Å². The molecule has 0 fully saturated rings. The average molecular weight is 337 g/mol. The molecular weight excluding hydrogens is 318 g/mol. The van der Waals surface area contributed by atoms with Gasteiger partial charge in [-0.15, -0.1) is 0 Å². The van der Waals surface area contributed by atoms with Crippen LogP contribution >= 0.6 is 0 Å². The van der Waals surface area contributed by atoms with Crippen LogP contribution in [0.15, 0.2) is 29.7 Å². The van der Waals surface area contributed by atoms with Crippen molar-refractivity contribution in [2.24, 2.45) is 5.92 Å². The summed E-state index contributed by atoms with van der Waals surface area (Å²) in [6.07, 6.45) is 2.61. The third-order valence-electron chi connectivity index (χ3n) is 3.75. The normalized spacial score (nSPS) is 21.7. The molecule has 7 heteroatoms. The lowest BCUT2D eigenvalue weighted by atomic mass is 10.1. The van der Waals surface area contributed by atoms with Gasteiger partial charge in [-0.05, 0) is 17.7 Å². The van der Waals surface area contributed by atoms with Crippen LogP contribution in [0.1, 0.15) is 18.4 Å². The van der Waals surface area contributed by atoms with Crippen molar-refractivity contribution in [2.75, 3.05) is 19.0 Å². The Morgan fingerprint density at radius 2 is 2.00 bits per heavy atom. The van der Waals surface area contributed by atoms with Crippen LogP contribution in [-0.2, 0) is 21.2 Å². The second-order valence-electron chi connectivity index (χ2n) is 5.73. The van der Waals surface area contributed by atoms with Crippen LogP contribution in [0.2, 0.25) is 0 Å². The molecule has 2 aliphatic heterocycles. The van der Waals surface area contributed by atoms with Gasteiger partial charge in [0.15, 0.2) is 21.3 Å². The Labute approximate surface area is 135 Å². The Kier molecular flexibility index (Phi) is 4.56. The molecule has 0 aromatic heterocycles. The monoisotopic (exact) mass is 337 g/mol. The number of hydrogen-bond donors (Lipinski definition) is 1. The van der Waals surface area contributed by atoms with Crippen LogP contribution in [0.25, 0.3) is 0 Å². The van der Waals surface area contributed by atoms with E-state index >= 15 is 0 Å². The molecule has 0 aliphatic carbocycles. The first-order chi connectivity index (χ1) is 11.0. The van der Waals surface area contributed by atoms with Crippen molar-refractivity contribution in [2.45, 2.75) is 19.4 Å². The Morgan fingerprint density at radius 1 is 1.22 bits per heavy atom. The lowest BCUT2D eigenvalue weighted by Crippen LogP contribution is -2.25. The molecule has 23 heavy (non-hydrogen) atoms. The van der Waals surface area contributed by atoms with Crippen LogP contribution in [0.5, 0.6) is 11.5 Å². The van der Waals surface area contributed by atoms with Gasteiger partial charge in [-0.2, -0.15) is 0 Å². The van der Waals surface area contributed by atoms with Crippen LogP contribution in [0.4, 0.5) is 0 Å². The molecule has 2 aliphatic rings. The lowest BCUT2D eigenvalue weighted by molar-refractivity contribution is -0.121. The minimum Gasteiger partial charge on any atom is -0.490 e. The number of carbonyl (C=O) groups excluding carboxylic acids is 1. The van der Waals surface area contributed by atoms with Crippen molar-refractivity contribution in [3.8, 4) is 11.5 Å². The number of rotatable bonds is 4. The molecule has 0 saturated carbocycles. The number of fused-ring (bicyclic) bond motifs is 1. The second-order valence-corrected chi connectivity index (χ2v) is 7.66. The molecule has 1 aromatic carbocycles. The van der Waals surface area contributed by atoms with E-state index in [1.807, 2.05) is 18.2 Å². The molecule has 1 amide bonds. The van der Waals surface area contributed by atoms with Gasteiger partial charge in [0.2, 0.25) is 5.91 Å². The first-order valence-corrected chi connectivity index (χ1v) is 9.29. The van der Waals surface area contributed by atoms with Crippen molar-refractivity contribution in [3.63, 3.8) is 0 Å². The van der Waals surface area contributed by atoms with E-state index in [0.717, 1.165) is 17.7 Å². The van der Waals surface area contributed by atoms with E-state index in [1.54, 1.807) is 6.08 Å². The summed E-state index contributed by atoms with van der Waals surface area (Å²) in [6.45, 7) is 1.63. The zero-order chi connectivity index (χ0) is 16.3. The van der Waals surface area contributed by atoms with Gasteiger partial charge in [-0.3, -0.25) is 4.79 Å². The summed E-state index contributed by atoms with van der Waals surface area (Å²) in [5, 5.41) is 4.00. The number of benzene rings is 1. The van der Waals surface area contributed by atoms with E-state index in [1.165, 1.54) is 5.41 Å². The van der Waals surface area contributed by atoms with Gasteiger partial charge in [-0.25, -0.2) is 8.42 Å². The summed E-state index contributed by atoms with van der Waals surface area (Å²) in [6, 6.07) is 5.59. The molecule has 0 spiro atoms. The van der Waals surface area contributed by atoms with Crippen molar-refractivity contribution in [3.05, 3.63) is 35.2 Å². The number of ether oxygens (including phenoxy) is 2. The Morgan fingerprint density at radius 3 is 2.74 bits per heavy atom. The number of sulfone groups is 1. The number of nitrogens with one attached hydrogen (secondary N) is 1. The zero-order valence-electron chi connectivity index (χ0n) is 12.7. The van der Waals surface area contributed by atoms with Crippen LogP contribution < -0.4 is 14.8 Å². The lowest BCUT2D eigenvalue weighted by Gasteiger charge is -2.11. The highest BCUT2D eigenvalue weighted by molar-refractivity contribution is 7.94. The highest BCUT2D eigenvalue weighted by atomic mass is 32.2. The largest absolute Gasteiger partial charge is 0.490 e. The zero-order valence-corrected chi connectivity index (χ0v) is 13.5. The molecule has 1 aromatic rings. The van der Waals surface area contributed by atoms with Gasteiger partial charge in [0, 0.05) is 30.7 Å². The molecule has 0 saturated heterocycles. The van der Waals surface area contributed by atoms with Gasteiger partial charge >= 0.3 is 0 Å². The van der Waals surface area contributed by atoms with Crippen molar-refractivity contribution < 1.29 is 22.7 Å². The maximum atomic E-state index is 11.9. The summed E-state index contributed by atoms with van der Waals surface area (Å²) in [5.74, 6) is 1.04. The SMILES string of the molecule is O=C(C[C@H]1C=CS(=O)(=O)C1)NCc1ccc2c(c1)OCCCO2. The molecule has 124 valence electrons. The number of allylic oxidation sites excluding steroid dienone is 1. The molecule has 1 atom stereocenters. The van der Waals surface area contributed by atoms with Crippen molar-refractivity contribution >= 4 is 15.7 Å². The minimum atomic E-state index is -3.11. The van der Waals surface area contributed by atoms with E-state index in [0.29, 0.717) is 25.5 Å². The van der Waals surface area contributed by atoms with E-state index in [9.17, 15) is 13.2 Å². The topological polar surface area (TPSA) is 81.7 Å². The van der Waals surface area contributed by atoms with Gasteiger partial charge in [0.1, 0.15) is 0 Å². The number of amides is 1. The standard InChI is InChI=1S/C16H19NO5S/c18-16(9-13-4-7-23(19,20)11-13)17-10-12-2-3-14-15(8-12)22-6-1-5-21-14/h2-4,7-8,13H,1,5-6,9-11H2,(H,17,18)/t13-/m1/s1. The maximum Gasteiger partial charge on any atom is 0.220 e.